The summed E-state index contributed by atoms with van der Waals surface area (Å²) in [6.45, 7) is 0.221. The molecule has 0 heterocycles. The molecule has 0 atom stereocenters. The molecule has 0 amide bonds. The van der Waals surface area contributed by atoms with Crippen LogP contribution in [0.25, 0.3) is 0 Å². The third-order valence-corrected chi connectivity index (χ3v) is 2.89. The lowest BCUT2D eigenvalue weighted by Gasteiger charge is -2.10. The first-order valence-electron chi connectivity index (χ1n) is 6.17. The van der Waals surface area contributed by atoms with Crippen LogP contribution in [-0.4, -0.2) is 18.2 Å². The highest BCUT2D eigenvalue weighted by Crippen LogP contribution is 2.25. The molecule has 0 fully saturated rings. The van der Waals surface area contributed by atoms with E-state index in [1.165, 1.54) is 13.2 Å². The summed E-state index contributed by atoms with van der Waals surface area (Å²) >= 11 is 0. The number of hydrogen-bond acceptors (Lipinski definition) is 4. The monoisotopic (exact) mass is 283 g/mol. The molecule has 5 nitrogen and oxygen atoms in total. The van der Waals surface area contributed by atoms with Gasteiger partial charge in [0.05, 0.1) is 18.7 Å². The van der Waals surface area contributed by atoms with Crippen LogP contribution < -0.4 is 9.47 Å². The Morgan fingerprint density at radius 3 is 2.52 bits per heavy atom. The van der Waals surface area contributed by atoms with Gasteiger partial charge in [0, 0.05) is 0 Å². The Morgan fingerprint density at radius 1 is 1.24 bits per heavy atom. The lowest BCUT2D eigenvalue weighted by Crippen LogP contribution is -2.04. The molecule has 2 rings (SSSR count). The van der Waals surface area contributed by atoms with Gasteiger partial charge in [0.1, 0.15) is 23.7 Å². The van der Waals surface area contributed by atoms with Crippen molar-refractivity contribution < 1.29 is 19.4 Å². The molecule has 0 aliphatic heterocycles. The first-order valence-corrected chi connectivity index (χ1v) is 6.17. The van der Waals surface area contributed by atoms with Crippen LogP contribution >= 0.6 is 0 Å². The summed E-state index contributed by atoms with van der Waals surface area (Å²) in [5.41, 5.74) is 1.46. The molecule has 0 aromatic heterocycles. The minimum atomic E-state index is -1.08. The summed E-state index contributed by atoms with van der Waals surface area (Å²) in [6.07, 6.45) is 0. The summed E-state index contributed by atoms with van der Waals surface area (Å²) < 4.78 is 10.5. The van der Waals surface area contributed by atoms with Crippen molar-refractivity contribution in [3.8, 4) is 17.6 Å². The highest BCUT2D eigenvalue weighted by Gasteiger charge is 2.13. The van der Waals surface area contributed by atoms with Gasteiger partial charge in [-0.05, 0) is 35.9 Å². The first kappa shape index (κ1) is 14.4. The number of methoxy groups -OCH3 is 1. The molecule has 0 aliphatic carbocycles. The van der Waals surface area contributed by atoms with Crippen LogP contribution in [0.2, 0.25) is 0 Å². The Labute approximate surface area is 122 Å². The number of hydrogen-bond donors (Lipinski definition) is 1. The average Bonchev–Trinajstić information content (AvgIpc) is 2.53. The van der Waals surface area contributed by atoms with E-state index in [1.54, 1.807) is 36.4 Å². The number of carbonyl (C=O) groups is 1. The van der Waals surface area contributed by atoms with Crippen molar-refractivity contribution in [2.75, 3.05) is 7.11 Å². The van der Waals surface area contributed by atoms with Crippen molar-refractivity contribution in [1.29, 1.82) is 5.26 Å². The fourth-order valence-electron chi connectivity index (χ4n) is 1.77. The van der Waals surface area contributed by atoms with E-state index in [4.69, 9.17) is 14.7 Å². The Hall–Kier alpha value is -3.00. The van der Waals surface area contributed by atoms with Crippen LogP contribution in [0, 0.1) is 11.3 Å². The van der Waals surface area contributed by atoms with Gasteiger partial charge in [-0.3, -0.25) is 0 Å². The van der Waals surface area contributed by atoms with Crippen LogP contribution in [0.1, 0.15) is 21.5 Å². The van der Waals surface area contributed by atoms with E-state index in [9.17, 15) is 9.90 Å². The van der Waals surface area contributed by atoms with Gasteiger partial charge >= 0.3 is 5.97 Å². The van der Waals surface area contributed by atoms with E-state index in [0.29, 0.717) is 11.3 Å². The van der Waals surface area contributed by atoms with Gasteiger partial charge < -0.3 is 14.6 Å². The maximum absolute atomic E-state index is 11.2. The number of nitrogens with zero attached hydrogens (tertiary/aromatic N) is 1. The molecule has 5 heteroatoms. The molecule has 2 aromatic rings. The highest BCUT2D eigenvalue weighted by molar-refractivity contribution is 5.91. The molecule has 2 aromatic carbocycles. The second-order valence-electron chi connectivity index (χ2n) is 4.26. The smallest absolute Gasteiger partial charge is 0.339 e. The third kappa shape index (κ3) is 3.51. The van der Waals surface area contributed by atoms with Gasteiger partial charge in [-0.2, -0.15) is 5.26 Å². The number of benzene rings is 2. The van der Waals surface area contributed by atoms with Crippen molar-refractivity contribution in [2.24, 2.45) is 0 Å². The minimum absolute atomic E-state index is 0.0444. The lowest BCUT2D eigenvalue weighted by atomic mass is 10.1. The van der Waals surface area contributed by atoms with Crippen LogP contribution in [0.4, 0.5) is 0 Å². The summed E-state index contributed by atoms with van der Waals surface area (Å²) in [7, 11) is 1.47. The quantitative estimate of drug-likeness (QED) is 0.912. The van der Waals surface area contributed by atoms with E-state index in [1.807, 2.05) is 6.07 Å². The number of nitriles is 1. The number of ether oxygens (including phenoxy) is 2. The molecule has 0 saturated carbocycles. The van der Waals surface area contributed by atoms with E-state index in [-0.39, 0.29) is 17.9 Å². The van der Waals surface area contributed by atoms with Crippen molar-refractivity contribution in [2.45, 2.75) is 6.61 Å². The van der Waals surface area contributed by atoms with Crippen LogP contribution in [0.15, 0.2) is 42.5 Å². The predicted molar refractivity (Wildman–Crippen MR) is 75.4 cm³/mol. The van der Waals surface area contributed by atoms with Crippen LogP contribution in [-0.2, 0) is 6.61 Å². The molecule has 0 aliphatic rings. The Balaban J connectivity index is 2.15. The summed E-state index contributed by atoms with van der Waals surface area (Å²) in [6, 6.07) is 13.5. The molecule has 0 saturated heterocycles. The topological polar surface area (TPSA) is 79.5 Å². The summed E-state index contributed by atoms with van der Waals surface area (Å²) in [4.78, 5) is 11.2. The maximum Gasteiger partial charge on any atom is 0.339 e. The molecule has 1 N–H and O–H groups in total. The summed E-state index contributed by atoms with van der Waals surface area (Å²) in [5.74, 6) is -0.352. The van der Waals surface area contributed by atoms with Gasteiger partial charge in [0.25, 0.3) is 0 Å². The minimum Gasteiger partial charge on any atom is -0.497 e. The lowest BCUT2D eigenvalue weighted by molar-refractivity contribution is 0.0691. The number of carboxylic acid groups (broad SMARTS) is 1. The number of carboxylic acids is 1. The second-order valence-corrected chi connectivity index (χ2v) is 4.26. The van der Waals surface area contributed by atoms with Crippen LogP contribution in [0.3, 0.4) is 0 Å². The molecule has 0 spiro atoms. The Bertz CT molecular complexity index is 686. The van der Waals surface area contributed by atoms with Crippen molar-refractivity contribution >= 4 is 5.97 Å². The van der Waals surface area contributed by atoms with E-state index < -0.39 is 5.97 Å². The van der Waals surface area contributed by atoms with E-state index in [0.717, 1.165) is 5.56 Å². The van der Waals surface area contributed by atoms with Gasteiger partial charge in [0.15, 0.2) is 0 Å². The standard InChI is InChI=1S/C16H13NO4/c1-20-13-6-7-15(14(8-13)16(18)19)21-10-12-4-2-11(9-17)3-5-12/h2-8H,10H2,1H3,(H,18,19). The van der Waals surface area contributed by atoms with Gasteiger partial charge in [-0.15, -0.1) is 0 Å². The Morgan fingerprint density at radius 2 is 1.95 bits per heavy atom. The molecule has 0 radical (unpaired) electrons. The molecule has 21 heavy (non-hydrogen) atoms. The summed E-state index contributed by atoms with van der Waals surface area (Å²) in [5, 5.41) is 17.9. The number of aromatic carboxylic acids is 1. The maximum atomic E-state index is 11.2. The van der Waals surface area contributed by atoms with Crippen LogP contribution in [0.5, 0.6) is 11.5 Å². The van der Waals surface area contributed by atoms with E-state index in [2.05, 4.69) is 0 Å². The van der Waals surface area contributed by atoms with Crippen molar-refractivity contribution in [3.05, 3.63) is 59.2 Å². The van der Waals surface area contributed by atoms with Gasteiger partial charge in [-0.25, -0.2) is 4.79 Å². The number of rotatable bonds is 5. The normalized spacial score (nSPS) is 9.71. The highest BCUT2D eigenvalue weighted by atomic mass is 16.5. The molecular weight excluding hydrogens is 270 g/mol. The van der Waals surface area contributed by atoms with E-state index >= 15 is 0 Å². The second kappa shape index (κ2) is 6.44. The molecular formula is C16H13NO4. The zero-order valence-corrected chi connectivity index (χ0v) is 11.4. The average molecular weight is 283 g/mol. The SMILES string of the molecule is COc1ccc(OCc2ccc(C#N)cc2)c(C(=O)O)c1. The third-order valence-electron chi connectivity index (χ3n) is 2.89. The van der Waals surface area contributed by atoms with Crippen molar-refractivity contribution in [3.63, 3.8) is 0 Å². The first-order chi connectivity index (χ1) is 10.1. The zero-order chi connectivity index (χ0) is 15.2. The molecule has 106 valence electrons. The molecule has 0 bridgehead atoms. The fraction of sp³-hybridized carbons (Fsp3) is 0.125. The predicted octanol–water partition coefficient (Wildman–Crippen LogP) is 2.84. The van der Waals surface area contributed by atoms with Gasteiger partial charge in [-0.1, -0.05) is 12.1 Å². The van der Waals surface area contributed by atoms with Crippen molar-refractivity contribution in [1.82, 2.24) is 0 Å². The zero-order valence-electron chi connectivity index (χ0n) is 11.4. The molecule has 0 unspecified atom stereocenters. The van der Waals surface area contributed by atoms with Gasteiger partial charge in [0.2, 0.25) is 0 Å². The largest absolute Gasteiger partial charge is 0.497 e. The Kier molecular flexibility index (Phi) is 4.42. The fourth-order valence-corrected chi connectivity index (χ4v) is 1.77.